The summed E-state index contributed by atoms with van der Waals surface area (Å²) in [6.07, 6.45) is 2.39. The minimum atomic E-state index is -0.751. The van der Waals surface area contributed by atoms with E-state index < -0.39 is 17.9 Å². The van der Waals surface area contributed by atoms with Gasteiger partial charge in [0.1, 0.15) is 0 Å². The van der Waals surface area contributed by atoms with Gasteiger partial charge in [-0.05, 0) is 18.3 Å². The van der Waals surface area contributed by atoms with E-state index in [4.69, 9.17) is 0 Å². The Morgan fingerprint density at radius 1 is 1.21 bits per heavy atom. The van der Waals surface area contributed by atoms with E-state index in [-0.39, 0.29) is 18.3 Å². The van der Waals surface area contributed by atoms with E-state index in [0.29, 0.717) is 11.6 Å². The van der Waals surface area contributed by atoms with Gasteiger partial charge >= 0.3 is 6.09 Å². The second kappa shape index (κ2) is 6.54. The molecule has 1 aliphatic heterocycles. The first-order valence-electron chi connectivity index (χ1n) is 6.61. The van der Waals surface area contributed by atoms with Crippen LogP contribution in [0.1, 0.15) is 52.9 Å². The number of carbonyl (C=O) groups is 3. The van der Waals surface area contributed by atoms with E-state index in [1.54, 1.807) is 0 Å². The van der Waals surface area contributed by atoms with Gasteiger partial charge in [-0.1, -0.05) is 27.2 Å². The molecule has 3 amide bonds. The second-order valence-corrected chi connectivity index (χ2v) is 5.91. The molecule has 0 atom stereocenters. The van der Waals surface area contributed by atoms with Gasteiger partial charge in [0, 0.05) is 19.4 Å². The van der Waals surface area contributed by atoms with Crippen molar-refractivity contribution in [3.05, 3.63) is 0 Å². The van der Waals surface area contributed by atoms with Crippen molar-refractivity contribution in [2.75, 3.05) is 6.54 Å². The second-order valence-electron chi connectivity index (χ2n) is 5.91. The monoisotopic (exact) mass is 270 g/mol. The number of nitrogens with zero attached hydrogens (tertiary/aromatic N) is 1. The van der Waals surface area contributed by atoms with Gasteiger partial charge in [0.25, 0.3) is 11.8 Å². The first-order valence-corrected chi connectivity index (χ1v) is 6.61. The lowest BCUT2D eigenvalue weighted by Gasteiger charge is -2.17. The number of carbonyl (C=O) groups excluding carboxylic acids is 3. The molecule has 19 heavy (non-hydrogen) atoms. The van der Waals surface area contributed by atoms with Crippen molar-refractivity contribution < 1.29 is 19.2 Å². The average molecular weight is 270 g/mol. The third kappa shape index (κ3) is 5.72. The lowest BCUT2D eigenvalue weighted by Crippen LogP contribution is -2.37. The minimum absolute atomic E-state index is 0.109. The van der Waals surface area contributed by atoms with Crippen LogP contribution in [-0.4, -0.2) is 29.5 Å². The highest BCUT2D eigenvalue weighted by molar-refractivity contribution is 6.01. The molecule has 0 unspecified atom stereocenters. The van der Waals surface area contributed by atoms with Crippen LogP contribution in [0, 0.1) is 5.41 Å². The number of rotatable bonds is 5. The number of hydroxylamine groups is 2. The SMILES string of the molecule is CC(C)(C)CCCCNC(=O)ON1C(=O)CCC1=O. The first-order chi connectivity index (χ1) is 8.79. The Balaban J connectivity index is 2.15. The third-order valence-electron chi connectivity index (χ3n) is 2.80. The van der Waals surface area contributed by atoms with Gasteiger partial charge in [-0.15, -0.1) is 5.06 Å². The summed E-state index contributed by atoms with van der Waals surface area (Å²) in [7, 11) is 0. The van der Waals surface area contributed by atoms with Crippen LogP contribution in [0.15, 0.2) is 0 Å². The van der Waals surface area contributed by atoms with Crippen molar-refractivity contribution >= 4 is 17.9 Å². The fraction of sp³-hybridized carbons (Fsp3) is 0.769. The van der Waals surface area contributed by atoms with Gasteiger partial charge in [-0.25, -0.2) is 4.79 Å². The van der Waals surface area contributed by atoms with Crippen LogP contribution in [0.3, 0.4) is 0 Å². The Kier molecular flexibility index (Phi) is 5.32. The van der Waals surface area contributed by atoms with Crippen LogP contribution in [0.25, 0.3) is 0 Å². The summed E-state index contributed by atoms with van der Waals surface area (Å²) in [5, 5.41) is 3.08. The first kappa shape index (κ1) is 15.5. The highest BCUT2D eigenvalue weighted by Gasteiger charge is 2.32. The van der Waals surface area contributed by atoms with Crippen molar-refractivity contribution in [2.24, 2.45) is 5.41 Å². The Morgan fingerprint density at radius 2 is 1.79 bits per heavy atom. The zero-order chi connectivity index (χ0) is 14.5. The molecule has 0 spiro atoms. The highest BCUT2D eigenvalue weighted by Crippen LogP contribution is 2.21. The molecule has 1 aliphatic rings. The molecule has 1 N–H and O–H groups in total. The molecule has 0 aromatic carbocycles. The zero-order valence-corrected chi connectivity index (χ0v) is 11.8. The molecule has 6 heteroatoms. The standard InChI is InChI=1S/C13H22N2O4/c1-13(2,3)8-4-5-9-14-12(18)19-15-10(16)6-7-11(15)17/h4-9H2,1-3H3,(H,14,18). The summed E-state index contributed by atoms with van der Waals surface area (Å²) in [5.74, 6) is -0.930. The van der Waals surface area contributed by atoms with Crippen molar-refractivity contribution in [3.63, 3.8) is 0 Å². The van der Waals surface area contributed by atoms with E-state index >= 15 is 0 Å². The maximum absolute atomic E-state index is 11.4. The summed E-state index contributed by atoms with van der Waals surface area (Å²) in [4.78, 5) is 38.5. The molecule has 0 saturated carbocycles. The van der Waals surface area contributed by atoms with Gasteiger partial charge in [0.15, 0.2) is 0 Å². The number of nitrogens with one attached hydrogen (secondary N) is 1. The number of unbranched alkanes of at least 4 members (excludes halogenated alkanes) is 1. The fourth-order valence-electron chi connectivity index (χ4n) is 1.74. The number of hydrogen-bond donors (Lipinski definition) is 1. The molecule has 0 aromatic heterocycles. The fourth-order valence-corrected chi connectivity index (χ4v) is 1.74. The number of amides is 3. The summed E-state index contributed by atoms with van der Waals surface area (Å²) >= 11 is 0. The van der Waals surface area contributed by atoms with Gasteiger partial charge in [-0.2, -0.15) is 0 Å². The Bertz CT molecular complexity index is 344. The minimum Gasteiger partial charge on any atom is -0.320 e. The quantitative estimate of drug-likeness (QED) is 0.612. The van der Waals surface area contributed by atoms with E-state index in [2.05, 4.69) is 30.9 Å². The number of imide groups is 1. The Hall–Kier alpha value is -1.59. The van der Waals surface area contributed by atoms with Crippen LogP contribution in [0.4, 0.5) is 4.79 Å². The molecule has 1 fully saturated rings. The molecule has 0 aromatic rings. The molecule has 0 aliphatic carbocycles. The van der Waals surface area contributed by atoms with Crippen molar-refractivity contribution in [2.45, 2.75) is 52.9 Å². The molecular weight excluding hydrogens is 248 g/mol. The predicted octanol–water partition coefficient (Wildman–Crippen LogP) is 1.99. The average Bonchev–Trinajstić information content (AvgIpc) is 2.59. The van der Waals surface area contributed by atoms with Gasteiger partial charge in [0.2, 0.25) is 0 Å². The van der Waals surface area contributed by atoms with Gasteiger partial charge in [-0.3, -0.25) is 9.59 Å². The lowest BCUT2D eigenvalue weighted by atomic mass is 9.90. The molecule has 1 rings (SSSR count). The van der Waals surface area contributed by atoms with E-state index in [1.807, 2.05) is 0 Å². The maximum Gasteiger partial charge on any atom is 0.432 e. The molecule has 108 valence electrons. The largest absolute Gasteiger partial charge is 0.432 e. The van der Waals surface area contributed by atoms with E-state index in [1.165, 1.54) is 0 Å². The molecule has 6 nitrogen and oxygen atoms in total. The van der Waals surface area contributed by atoms with E-state index in [0.717, 1.165) is 19.3 Å². The topological polar surface area (TPSA) is 75.7 Å². The summed E-state index contributed by atoms with van der Waals surface area (Å²) in [5.41, 5.74) is 0.287. The molecular formula is C13H22N2O4. The molecule has 1 saturated heterocycles. The third-order valence-corrected chi connectivity index (χ3v) is 2.80. The maximum atomic E-state index is 11.4. The summed E-state index contributed by atoms with van der Waals surface area (Å²) in [6, 6.07) is 0. The van der Waals surface area contributed by atoms with Gasteiger partial charge in [0.05, 0.1) is 0 Å². The highest BCUT2D eigenvalue weighted by atomic mass is 16.7. The van der Waals surface area contributed by atoms with Crippen molar-refractivity contribution in [1.29, 1.82) is 0 Å². The number of hydrogen-bond acceptors (Lipinski definition) is 4. The van der Waals surface area contributed by atoms with Crippen molar-refractivity contribution in [1.82, 2.24) is 10.4 Å². The summed E-state index contributed by atoms with van der Waals surface area (Å²) in [6.45, 7) is 6.98. The van der Waals surface area contributed by atoms with Crippen LogP contribution in [-0.2, 0) is 14.4 Å². The van der Waals surface area contributed by atoms with Crippen LogP contribution in [0.2, 0.25) is 0 Å². The van der Waals surface area contributed by atoms with Gasteiger partial charge < -0.3 is 10.2 Å². The summed E-state index contributed by atoms with van der Waals surface area (Å²) < 4.78 is 0. The van der Waals surface area contributed by atoms with E-state index in [9.17, 15) is 14.4 Å². The Morgan fingerprint density at radius 3 is 2.32 bits per heavy atom. The Labute approximate surface area is 113 Å². The normalized spacial score (nSPS) is 15.8. The smallest absolute Gasteiger partial charge is 0.320 e. The van der Waals surface area contributed by atoms with Crippen LogP contribution in [0.5, 0.6) is 0 Å². The molecule has 0 radical (unpaired) electrons. The van der Waals surface area contributed by atoms with Crippen LogP contribution < -0.4 is 5.32 Å². The van der Waals surface area contributed by atoms with Crippen LogP contribution >= 0.6 is 0 Å². The van der Waals surface area contributed by atoms with Crippen molar-refractivity contribution in [3.8, 4) is 0 Å². The predicted molar refractivity (Wildman–Crippen MR) is 68.9 cm³/mol. The molecule has 1 heterocycles. The lowest BCUT2D eigenvalue weighted by molar-refractivity contribution is -0.171. The zero-order valence-electron chi connectivity index (χ0n) is 11.8. The molecule has 0 bridgehead atoms.